The van der Waals surface area contributed by atoms with Gasteiger partial charge in [-0.05, 0) is 44.2 Å². The minimum absolute atomic E-state index is 0.100. The second-order valence-corrected chi connectivity index (χ2v) is 10.8. The van der Waals surface area contributed by atoms with Crippen molar-refractivity contribution < 1.29 is 9.35 Å². The zero-order valence-electron chi connectivity index (χ0n) is 17.4. The minimum Gasteiger partial charge on any atom is -0.598 e. The number of fused-ring (bicyclic) bond motifs is 3. The molecule has 0 saturated carbocycles. The molecule has 30 heavy (non-hydrogen) atoms. The van der Waals surface area contributed by atoms with Gasteiger partial charge < -0.3 is 14.8 Å². The minimum atomic E-state index is -0.902. The van der Waals surface area contributed by atoms with Crippen LogP contribution >= 0.6 is 11.3 Å². The number of carbonyl (C=O) groups excluding carboxylic acids is 1. The molecule has 5 rings (SSSR count). The molecule has 160 valence electrons. The van der Waals surface area contributed by atoms with Gasteiger partial charge >= 0.3 is 0 Å². The quantitative estimate of drug-likeness (QED) is 0.712. The Morgan fingerprint density at radius 2 is 2.17 bits per heavy atom. The monoisotopic (exact) mass is 445 g/mol. The molecule has 2 fully saturated rings. The van der Waals surface area contributed by atoms with Crippen LogP contribution in [0.5, 0.6) is 0 Å². The van der Waals surface area contributed by atoms with Crippen molar-refractivity contribution in [3.63, 3.8) is 0 Å². The third kappa shape index (κ3) is 3.23. The highest BCUT2D eigenvalue weighted by Gasteiger charge is 2.52. The SMILES string of the molecule is CCC12CCCN1C(=O)c1cc(-c3ccnc(NC4CCN([S+](C)[O-])CC4)n3)sc12. The number of hydrogen-bond donors (Lipinski definition) is 1. The summed E-state index contributed by atoms with van der Waals surface area (Å²) in [5.41, 5.74) is 1.63. The lowest BCUT2D eigenvalue weighted by Crippen LogP contribution is -2.42. The maximum atomic E-state index is 13.0. The number of rotatable bonds is 5. The number of nitrogens with zero attached hydrogens (tertiary/aromatic N) is 4. The van der Waals surface area contributed by atoms with Crippen molar-refractivity contribution >= 4 is 34.6 Å². The Bertz CT molecular complexity index is 957. The van der Waals surface area contributed by atoms with Crippen LogP contribution in [0.4, 0.5) is 5.95 Å². The van der Waals surface area contributed by atoms with Crippen LogP contribution in [0.3, 0.4) is 0 Å². The predicted octanol–water partition coefficient (Wildman–Crippen LogP) is 3.23. The van der Waals surface area contributed by atoms with E-state index in [1.807, 2.05) is 16.4 Å². The fourth-order valence-electron chi connectivity index (χ4n) is 5.11. The van der Waals surface area contributed by atoms with Crippen LogP contribution in [0.25, 0.3) is 10.6 Å². The van der Waals surface area contributed by atoms with Crippen LogP contribution in [-0.2, 0) is 16.9 Å². The number of piperidine rings is 1. The molecule has 0 aliphatic carbocycles. The number of hydrogen-bond acceptors (Lipinski definition) is 7. The second-order valence-electron chi connectivity index (χ2n) is 8.34. The first-order valence-corrected chi connectivity index (χ1v) is 13.0. The van der Waals surface area contributed by atoms with Crippen molar-refractivity contribution in [2.75, 3.05) is 31.2 Å². The first kappa shape index (κ1) is 20.2. The van der Waals surface area contributed by atoms with E-state index in [0.29, 0.717) is 5.95 Å². The van der Waals surface area contributed by atoms with Gasteiger partial charge in [-0.15, -0.1) is 15.6 Å². The van der Waals surface area contributed by atoms with Gasteiger partial charge in [-0.1, -0.05) is 6.92 Å². The summed E-state index contributed by atoms with van der Waals surface area (Å²) >= 11 is 0.814. The van der Waals surface area contributed by atoms with Crippen LogP contribution in [0.1, 0.15) is 54.3 Å². The normalized spacial score (nSPS) is 25.4. The molecule has 0 radical (unpaired) electrons. The van der Waals surface area contributed by atoms with Gasteiger partial charge in [0.1, 0.15) is 6.26 Å². The smallest absolute Gasteiger partial charge is 0.255 e. The molecule has 5 heterocycles. The summed E-state index contributed by atoms with van der Waals surface area (Å²) < 4.78 is 13.6. The number of nitrogens with one attached hydrogen (secondary N) is 1. The molecule has 1 N–H and O–H groups in total. The summed E-state index contributed by atoms with van der Waals surface area (Å²) in [6, 6.07) is 4.23. The highest BCUT2D eigenvalue weighted by molar-refractivity contribution is 7.88. The molecule has 3 aliphatic heterocycles. The Morgan fingerprint density at radius 3 is 2.90 bits per heavy atom. The zero-order valence-corrected chi connectivity index (χ0v) is 19.0. The molecule has 2 atom stereocenters. The molecule has 9 heteroatoms. The van der Waals surface area contributed by atoms with Crippen LogP contribution in [0, 0.1) is 0 Å². The summed E-state index contributed by atoms with van der Waals surface area (Å²) in [5, 5.41) is 3.45. The second kappa shape index (κ2) is 7.78. The topological polar surface area (TPSA) is 84.4 Å². The lowest BCUT2D eigenvalue weighted by molar-refractivity contribution is 0.0656. The molecular weight excluding hydrogens is 418 g/mol. The van der Waals surface area contributed by atoms with Gasteiger partial charge in [0.15, 0.2) is 0 Å². The van der Waals surface area contributed by atoms with Gasteiger partial charge in [0.25, 0.3) is 5.91 Å². The predicted molar refractivity (Wildman–Crippen MR) is 120 cm³/mol. The summed E-state index contributed by atoms with van der Waals surface area (Å²) in [6.07, 6.45) is 8.46. The number of aromatic nitrogens is 2. The molecule has 2 saturated heterocycles. The van der Waals surface area contributed by atoms with Gasteiger partial charge in [-0.2, -0.15) is 0 Å². The van der Waals surface area contributed by atoms with Crippen LogP contribution < -0.4 is 5.32 Å². The van der Waals surface area contributed by atoms with E-state index < -0.39 is 11.4 Å². The standard InChI is InChI=1S/C21H27N5O2S2/c1-3-21-8-4-10-26(21)19(27)15-13-17(29-18(15)21)16-5-9-22-20(24-16)23-14-6-11-25(12-7-14)30(2)28/h5,9,13-14H,3-4,6-8,10-12H2,1-2H3,(H,22,23,24). The molecule has 0 bridgehead atoms. The van der Waals surface area contributed by atoms with Crippen molar-refractivity contribution in [1.82, 2.24) is 19.2 Å². The Morgan fingerprint density at radius 1 is 1.37 bits per heavy atom. The van der Waals surface area contributed by atoms with E-state index in [2.05, 4.69) is 22.1 Å². The number of thiophene rings is 1. The fraction of sp³-hybridized carbons (Fsp3) is 0.571. The van der Waals surface area contributed by atoms with E-state index in [9.17, 15) is 9.35 Å². The maximum absolute atomic E-state index is 13.0. The number of anilines is 1. The van der Waals surface area contributed by atoms with Crippen LogP contribution in [0.15, 0.2) is 18.3 Å². The summed E-state index contributed by atoms with van der Waals surface area (Å²) in [7, 11) is 0. The molecule has 2 unspecified atom stereocenters. The average molecular weight is 446 g/mol. The van der Waals surface area contributed by atoms with E-state index in [-0.39, 0.29) is 17.5 Å². The number of carbonyl (C=O) groups is 1. The average Bonchev–Trinajstić information content (AvgIpc) is 3.43. The van der Waals surface area contributed by atoms with Gasteiger partial charge in [0.2, 0.25) is 5.95 Å². The molecule has 7 nitrogen and oxygen atoms in total. The maximum Gasteiger partial charge on any atom is 0.255 e. The summed E-state index contributed by atoms with van der Waals surface area (Å²) in [4.78, 5) is 26.5. The van der Waals surface area contributed by atoms with E-state index in [4.69, 9.17) is 4.98 Å². The van der Waals surface area contributed by atoms with Crippen molar-refractivity contribution in [3.8, 4) is 10.6 Å². The van der Waals surface area contributed by atoms with E-state index in [0.717, 1.165) is 67.9 Å². The lowest BCUT2D eigenvalue weighted by Gasteiger charge is -2.31. The van der Waals surface area contributed by atoms with Crippen molar-refractivity contribution in [3.05, 3.63) is 28.8 Å². The summed E-state index contributed by atoms with van der Waals surface area (Å²) in [5.74, 6) is 0.801. The lowest BCUT2D eigenvalue weighted by atomic mass is 9.92. The van der Waals surface area contributed by atoms with Gasteiger partial charge in [-0.25, -0.2) is 9.97 Å². The van der Waals surface area contributed by atoms with Crippen molar-refractivity contribution in [2.24, 2.45) is 0 Å². The van der Waals surface area contributed by atoms with E-state index in [1.54, 1.807) is 23.8 Å². The highest BCUT2D eigenvalue weighted by Crippen LogP contribution is 2.53. The molecule has 2 aromatic rings. The molecule has 3 aliphatic rings. The Kier molecular flexibility index (Phi) is 5.25. The Hall–Kier alpha value is -1.68. The molecule has 1 amide bonds. The first-order valence-electron chi connectivity index (χ1n) is 10.7. The van der Waals surface area contributed by atoms with Crippen molar-refractivity contribution in [1.29, 1.82) is 0 Å². The first-order chi connectivity index (χ1) is 14.5. The third-order valence-corrected chi connectivity index (χ3v) is 9.21. The van der Waals surface area contributed by atoms with Crippen LogP contribution in [0.2, 0.25) is 0 Å². The Balaban J connectivity index is 1.36. The van der Waals surface area contributed by atoms with Gasteiger partial charge in [0, 0.05) is 48.1 Å². The van der Waals surface area contributed by atoms with Crippen LogP contribution in [-0.4, -0.2) is 61.6 Å². The van der Waals surface area contributed by atoms with E-state index >= 15 is 0 Å². The molecule has 0 spiro atoms. The fourth-order valence-corrected chi connectivity index (χ4v) is 7.25. The Labute approximate surface area is 184 Å². The molecule has 2 aromatic heterocycles. The molecular formula is C21H27N5O2S2. The van der Waals surface area contributed by atoms with Crippen molar-refractivity contribution in [2.45, 2.75) is 50.6 Å². The largest absolute Gasteiger partial charge is 0.598 e. The third-order valence-electron chi connectivity index (χ3n) is 6.76. The number of amides is 1. The summed E-state index contributed by atoms with van der Waals surface area (Å²) in [6.45, 7) is 4.69. The zero-order chi connectivity index (χ0) is 20.9. The van der Waals surface area contributed by atoms with Gasteiger partial charge in [0.05, 0.1) is 21.7 Å². The highest BCUT2D eigenvalue weighted by atomic mass is 32.2. The van der Waals surface area contributed by atoms with Gasteiger partial charge in [-0.3, -0.25) is 4.79 Å². The molecule has 0 aromatic carbocycles. The van der Waals surface area contributed by atoms with E-state index in [1.165, 1.54) is 4.88 Å².